The molecular weight excluding hydrogens is 391 g/mol. The molecule has 5 rings (SSSR count). The van der Waals surface area contributed by atoms with Crippen molar-refractivity contribution in [3.63, 3.8) is 0 Å². The van der Waals surface area contributed by atoms with Gasteiger partial charge in [0.15, 0.2) is 12.0 Å². The normalized spacial score (nSPS) is 47.0. The molecule has 0 aromatic heterocycles. The van der Waals surface area contributed by atoms with Crippen LogP contribution in [0.15, 0.2) is 5.16 Å². The van der Waals surface area contributed by atoms with E-state index in [0.29, 0.717) is 36.2 Å². The number of carbonyl (C=O) groups is 1. The number of hydrogen-bond acceptors (Lipinski definition) is 4. The first-order valence-electron chi connectivity index (χ1n) is 13.0. The second-order valence-electron chi connectivity index (χ2n) is 11.8. The van der Waals surface area contributed by atoms with E-state index in [0.717, 1.165) is 38.6 Å². The standard InChI is InChI=1S/C26H41FN2O2/c1-25-10-8-19(28-31-15-14-29-12-4-3-5-13-29)16-18(25)6-7-20-21(25)9-11-26(2)22(20)17-23(27)24(26)30/h18,20-23H,3-17H2,1-2H3/b28-19+/t18?,20?,21?,22?,23?,25-,26-/m0/s1. The first-order chi connectivity index (χ1) is 14.9. The smallest absolute Gasteiger partial charge is 0.173 e. The Bertz CT molecular complexity index is 720. The number of hydrogen-bond donors (Lipinski definition) is 0. The van der Waals surface area contributed by atoms with Crippen molar-refractivity contribution in [3.8, 4) is 0 Å². The molecule has 0 aromatic rings. The Labute approximate surface area is 187 Å². The van der Waals surface area contributed by atoms with Crippen LogP contribution in [0.5, 0.6) is 0 Å². The summed E-state index contributed by atoms with van der Waals surface area (Å²) in [5.41, 5.74) is 1.17. The van der Waals surface area contributed by atoms with E-state index in [2.05, 4.69) is 23.9 Å². The van der Waals surface area contributed by atoms with Crippen molar-refractivity contribution >= 4 is 11.5 Å². The summed E-state index contributed by atoms with van der Waals surface area (Å²) in [4.78, 5) is 20.8. The lowest BCUT2D eigenvalue weighted by atomic mass is 9.45. The molecule has 1 heterocycles. The van der Waals surface area contributed by atoms with Crippen LogP contribution < -0.4 is 0 Å². The summed E-state index contributed by atoms with van der Waals surface area (Å²) >= 11 is 0. The molecule has 4 aliphatic carbocycles. The average molecular weight is 433 g/mol. The van der Waals surface area contributed by atoms with Gasteiger partial charge in [-0.1, -0.05) is 25.4 Å². The molecule has 174 valence electrons. The Kier molecular flexibility index (Phi) is 5.94. The molecule has 1 aliphatic heterocycles. The number of nitrogens with zero attached hydrogens (tertiary/aromatic N) is 2. The van der Waals surface area contributed by atoms with E-state index in [1.54, 1.807) is 0 Å². The van der Waals surface area contributed by atoms with Gasteiger partial charge in [-0.15, -0.1) is 0 Å². The zero-order valence-electron chi connectivity index (χ0n) is 19.6. The van der Waals surface area contributed by atoms with Crippen LogP contribution in [0.1, 0.15) is 84.5 Å². The number of fused-ring (bicyclic) bond motifs is 5. The predicted molar refractivity (Wildman–Crippen MR) is 121 cm³/mol. The third kappa shape index (κ3) is 3.77. The van der Waals surface area contributed by atoms with Crippen molar-refractivity contribution < 1.29 is 14.0 Å². The van der Waals surface area contributed by atoms with Gasteiger partial charge in [0.1, 0.15) is 6.61 Å². The molecule has 1 saturated heterocycles. The Morgan fingerprint density at radius 2 is 1.90 bits per heavy atom. The fourth-order valence-electron chi connectivity index (χ4n) is 8.38. The number of likely N-dealkylation sites (tertiary alicyclic amines) is 1. The molecule has 0 radical (unpaired) electrons. The molecule has 5 heteroatoms. The van der Waals surface area contributed by atoms with Crippen molar-refractivity contribution in [1.82, 2.24) is 4.90 Å². The lowest BCUT2D eigenvalue weighted by Crippen LogP contribution is -2.53. The van der Waals surface area contributed by atoms with E-state index >= 15 is 0 Å². The van der Waals surface area contributed by atoms with E-state index in [1.807, 2.05) is 0 Å². The van der Waals surface area contributed by atoms with Crippen LogP contribution >= 0.6 is 0 Å². The van der Waals surface area contributed by atoms with Gasteiger partial charge < -0.3 is 4.84 Å². The molecule has 0 aromatic carbocycles. The van der Waals surface area contributed by atoms with E-state index in [9.17, 15) is 9.18 Å². The van der Waals surface area contributed by atoms with Crippen LogP contribution in [0.4, 0.5) is 4.39 Å². The summed E-state index contributed by atoms with van der Waals surface area (Å²) in [7, 11) is 0. The van der Waals surface area contributed by atoms with Crippen LogP contribution in [0, 0.1) is 34.5 Å². The minimum absolute atomic E-state index is 0.0945. The fourth-order valence-corrected chi connectivity index (χ4v) is 8.38. The van der Waals surface area contributed by atoms with Crippen LogP contribution in [-0.2, 0) is 9.63 Å². The molecule has 31 heavy (non-hydrogen) atoms. The van der Waals surface area contributed by atoms with E-state index < -0.39 is 11.6 Å². The Morgan fingerprint density at radius 3 is 2.71 bits per heavy atom. The molecule has 7 atom stereocenters. The summed E-state index contributed by atoms with van der Waals surface area (Å²) in [5.74, 6) is 2.00. The van der Waals surface area contributed by atoms with Gasteiger partial charge >= 0.3 is 0 Å². The molecule has 5 aliphatic rings. The minimum atomic E-state index is -1.22. The van der Waals surface area contributed by atoms with Crippen molar-refractivity contribution in [2.24, 2.45) is 39.7 Å². The highest BCUT2D eigenvalue weighted by Crippen LogP contribution is 2.65. The van der Waals surface area contributed by atoms with Crippen LogP contribution in [0.2, 0.25) is 0 Å². The zero-order chi connectivity index (χ0) is 21.6. The van der Waals surface area contributed by atoms with Crippen molar-refractivity contribution in [2.75, 3.05) is 26.2 Å². The van der Waals surface area contributed by atoms with Gasteiger partial charge in [-0.2, -0.15) is 0 Å². The van der Waals surface area contributed by atoms with Gasteiger partial charge in [-0.05, 0) is 106 Å². The summed E-state index contributed by atoms with van der Waals surface area (Å²) in [5, 5.41) is 4.57. The number of oxime groups is 1. The number of rotatable bonds is 4. The van der Waals surface area contributed by atoms with Crippen molar-refractivity contribution in [3.05, 3.63) is 0 Å². The van der Waals surface area contributed by atoms with Gasteiger partial charge in [0.25, 0.3) is 0 Å². The minimum Gasteiger partial charge on any atom is -0.394 e. The topological polar surface area (TPSA) is 41.9 Å². The maximum Gasteiger partial charge on any atom is 0.173 e. The number of halogens is 1. The molecular formula is C26H41FN2O2. The largest absolute Gasteiger partial charge is 0.394 e. The Balaban J connectivity index is 1.19. The highest BCUT2D eigenvalue weighted by atomic mass is 19.1. The average Bonchev–Trinajstić information content (AvgIpc) is 3.01. The summed E-state index contributed by atoms with van der Waals surface area (Å²) < 4.78 is 14.4. The SMILES string of the molecule is C[C@]12CC/C(=N\OCCN3CCCCC3)CC1CCC1C2CC[C@]2(C)C(=O)C(F)CC12. The number of carbonyl (C=O) groups excluding carboxylic acids is 1. The molecule has 0 amide bonds. The van der Waals surface area contributed by atoms with E-state index in [1.165, 1.54) is 50.9 Å². The number of ketones is 1. The van der Waals surface area contributed by atoms with Crippen molar-refractivity contribution in [1.29, 1.82) is 0 Å². The van der Waals surface area contributed by atoms with Gasteiger partial charge in [-0.25, -0.2) is 4.39 Å². The lowest BCUT2D eigenvalue weighted by molar-refractivity contribution is -0.138. The monoisotopic (exact) mass is 432 g/mol. The van der Waals surface area contributed by atoms with Crippen LogP contribution in [0.25, 0.3) is 0 Å². The van der Waals surface area contributed by atoms with Crippen molar-refractivity contribution in [2.45, 2.75) is 90.6 Å². The third-order valence-corrected chi connectivity index (χ3v) is 10.3. The van der Waals surface area contributed by atoms with Gasteiger partial charge in [0.05, 0.1) is 5.71 Å². The maximum atomic E-state index is 14.4. The summed E-state index contributed by atoms with van der Waals surface area (Å²) in [6.45, 7) is 8.67. The van der Waals surface area contributed by atoms with E-state index in [-0.39, 0.29) is 11.7 Å². The highest BCUT2D eigenvalue weighted by Gasteiger charge is 2.62. The van der Waals surface area contributed by atoms with Crippen LogP contribution in [-0.4, -0.2) is 48.8 Å². The van der Waals surface area contributed by atoms with Gasteiger partial charge in [0, 0.05) is 12.0 Å². The molecule has 4 saturated carbocycles. The first kappa shape index (κ1) is 21.9. The summed E-state index contributed by atoms with van der Waals surface area (Å²) in [6.07, 6.45) is 10.9. The quantitative estimate of drug-likeness (QED) is 0.441. The number of alkyl halides is 1. The molecule has 0 bridgehead atoms. The predicted octanol–water partition coefficient (Wildman–Crippen LogP) is 5.40. The molecule has 4 nitrogen and oxygen atoms in total. The molecule has 5 fully saturated rings. The Hall–Kier alpha value is -0.970. The maximum absolute atomic E-state index is 14.4. The third-order valence-electron chi connectivity index (χ3n) is 10.3. The zero-order valence-corrected chi connectivity index (χ0v) is 19.6. The number of piperidine rings is 1. The van der Waals surface area contributed by atoms with Gasteiger partial charge in [-0.3, -0.25) is 9.69 Å². The second-order valence-corrected chi connectivity index (χ2v) is 11.8. The number of Topliss-reactive ketones (excluding diaryl/α,β-unsaturated/α-hetero) is 1. The lowest BCUT2D eigenvalue weighted by Gasteiger charge is -2.59. The van der Waals surface area contributed by atoms with E-state index in [4.69, 9.17) is 4.84 Å². The second kappa shape index (κ2) is 8.43. The fraction of sp³-hybridized carbons (Fsp3) is 0.923. The Morgan fingerprint density at radius 1 is 1.10 bits per heavy atom. The molecule has 5 unspecified atom stereocenters. The van der Waals surface area contributed by atoms with Gasteiger partial charge in [0.2, 0.25) is 0 Å². The molecule has 0 spiro atoms. The first-order valence-corrected chi connectivity index (χ1v) is 13.0. The summed E-state index contributed by atoms with van der Waals surface area (Å²) in [6, 6.07) is 0. The highest BCUT2D eigenvalue weighted by molar-refractivity contribution is 5.91. The van der Waals surface area contributed by atoms with Crippen LogP contribution in [0.3, 0.4) is 0 Å². The molecule has 0 N–H and O–H groups in total.